The number of halogens is 2. The predicted octanol–water partition coefficient (Wildman–Crippen LogP) is 5.45. The molecule has 3 aromatic rings. The fourth-order valence-electron chi connectivity index (χ4n) is 2.34. The van der Waals surface area contributed by atoms with E-state index in [0.717, 1.165) is 28.0 Å². The van der Waals surface area contributed by atoms with Crippen LogP contribution in [0.4, 0.5) is 4.39 Å². The standard InChI is InChI=1S/C17H14ClFN2/c1-10(2)8-11-6-7-16(18)21-17(11)15-9-12-13(19)4-3-5-14(12)20-15/h3-9,20H,1-2H3. The molecule has 0 fully saturated rings. The molecule has 1 N–H and O–H groups in total. The maximum atomic E-state index is 13.8. The third-order valence-corrected chi connectivity index (χ3v) is 3.41. The Bertz CT molecular complexity index is 845. The van der Waals surface area contributed by atoms with Crippen LogP contribution >= 0.6 is 11.6 Å². The first-order valence-electron chi connectivity index (χ1n) is 6.63. The molecular formula is C17H14ClFN2. The van der Waals surface area contributed by atoms with Crippen molar-refractivity contribution in [2.24, 2.45) is 0 Å². The second-order valence-corrected chi connectivity index (χ2v) is 5.56. The number of fused-ring (bicyclic) bond motifs is 1. The quantitative estimate of drug-likeness (QED) is 0.627. The summed E-state index contributed by atoms with van der Waals surface area (Å²) in [6, 6.07) is 10.4. The summed E-state index contributed by atoms with van der Waals surface area (Å²) in [7, 11) is 0. The summed E-state index contributed by atoms with van der Waals surface area (Å²) >= 11 is 6.01. The monoisotopic (exact) mass is 300 g/mol. The molecule has 0 aliphatic rings. The Kier molecular flexibility index (Phi) is 3.52. The van der Waals surface area contributed by atoms with Crippen LogP contribution in [0.1, 0.15) is 19.4 Å². The van der Waals surface area contributed by atoms with Crippen molar-refractivity contribution in [3.8, 4) is 11.4 Å². The van der Waals surface area contributed by atoms with Crippen LogP contribution in [0.25, 0.3) is 28.4 Å². The normalized spacial score (nSPS) is 10.9. The first-order chi connectivity index (χ1) is 10.0. The molecule has 3 rings (SSSR count). The van der Waals surface area contributed by atoms with Gasteiger partial charge < -0.3 is 4.98 Å². The molecule has 0 amide bonds. The van der Waals surface area contributed by atoms with Crippen molar-refractivity contribution in [3.05, 3.63) is 58.5 Å². The highest BCUT2D eigenvalue weighted by atomic mass is 35.5. The molecule has 0 saturated heterocycles. The zero-order valence-electron chi connectivity index (χ0n) is 11.7. The molecule has 2 heterocycles. The summed E-state index contributed by atoms with van der Waals surface area (Å²) in [6.45, 7) is 4.03. The Labute approximate surface area is 127 Å². The van der Waals surface area contributed by atoms with Crippen LogP contribution < -0.4 is 0 Å². The zero-order chi connectivity index (χ0) is 15.0. The molecule has 0 atom stereocenters. The van der Waals surface area contributed by atoms with Gasteiger partial charge in [0.2, 0.25) is 0 Å². The lowest BCUT2D eigenvalue weighted by Gasteiger charge is -2.04. The van der Waals surface area contributed by atoms with E-state index in [1.54, 1.807) is 18.2 Å². The van der Waals surface area contributed by atoms with Crippen molar-refractivity contribution >= 4 is 28.6 Å². The number of allylic oxidation sites excluding steroid dienone is 1. The van der Waals surface area contributed by atoms with E-state index in [1.807, 2.05) is 32.1 Å². The van der Waals surface area contributed by atoms with Gasteiger partial charge >= 0.3 is 0 Å². The molecule has 0 saturated carbocycles. The molecule has 0 spiro atoms. The highest BCUT2D eigenvalue weighted by Crippen LogP contribution is 2.29. The smallest absolute Gasteiger partial charge is 0.132 e. The number of nitrogens with zero attached hydrogens (tertiary/aromatic N) is 1. The maximum absolute atomic E-state index is 13.8. The maximum Gasteiger partial charge on any atom is 0.132 e. The molecule has 0 radical (unpaired) electrons. The summed E-state index contributed by atoms with van der Waals surface area (Å²) in [4.78, 5) is 7.59. The van der Waals surface area contributed by atoms with Gasteiger partial charge in [-0.15, -0.1) is 0 Å². The fourth-order valence-corrected chi connectivity index (χ4v) is 2.48. The van der Waals surface area contributed by atoms with Gasteiger partial charge in [0, 0.05) is 16.5 Å². The minimum atomic E-state index is -0.249. The second kappa shape index (κ2) is 5.34. The van der Waals surface area contributed by atoms with E-state index in [2.05, 4.69) is 9.97 Å². The Hall–Kier alpha value is -2.13. The van der Waals surface area contributed by atoms with Crippen molar-refractivity contribution < 1.29 is 4.39 Å². The predicted molar refractivity (Wildman–Crippen MR) is 85.8 cm³/mol. The average Bonchev–Trinajstić information content (AvgIpc) is 2.85. The fraction of sp³-hybridized carbons (Fsp3) is 0.118. The number of H-pyrrole nitrogens is 1. The number of aromatic nitrogens is 2. The summed E-state index contributed by atoms with van der Waals surface area (Å²) in [5.41, 5.74) is 4.33. The van der Waals surface area contributed by atoms with Gasteiger partial charge in [0.1, 0.15) is 11.0 Å². The third-order valence-electron chi connectivity index (χ3n) is 3.20. The van der Waals surface area contributed by atoms with Gasteiger partial charge in [0.25, 0.3) is 0 Å². The van der Waals surface area contributed by atoms with Crippen LogP contribution in [0.3, 0.4) is 0 Å². The number of hydrogen-bond acceptors (Lipinski definition) is 1. The van der Waals surface area contributed by atoms with Crippen molar-refractivity contribution in [2.75, 3.05) is 0 Å². The van der Waals surface area contributed by atoms with E-state index in [9.17, 15) is 4.39 Å². The van der Waals surface area contributed by atoms with Crippen molar-refractivity contribution in [1.82, 2.24) is 9.97 Å². The molecule has 0 bridgehead atoms. The average molecular weight is 301 g/mol. The number of benzene rings is 1. The zero-order valence-corrected chi connectivity index (χ0v) is 12.5. The number of rotatable bonds is 2. The van der Waals surface area contributed by atoms with Gasteiger partial charge in [-0.3, -0.25) is 0 Å². The van der Waals surface area contributed by atoms with Gasteiger partial charge in [0.05, 0.1) is 11.4 Å². The van der Waals surface area contributed by atoms with Crippen LogP contribution in [0.15, 0.2) is 42.0 Å². The minimum Gasteiger partial charge on any atom is -0.353 e. The van der Waals surface area contributed by atoms with E-state index in [-0.39, 0.29) is 5.82 Å². The first kappa shape index (κ1) is 13.8. The summed E-state index contributed by atoms with van der Waals surface area (Å²) in [5, 5.41) is 0.965. The molecule has 2 nitrogen and oxygen atoms in total. The van der Waals surface area contributed by atoms with Crippen LogP contribution in [0, 0.1) is 5.82 Å². The lowest BCUT2D eigenvalue weighted by atomic mass is 10.1. The lowest BCUT2D eigenvalue weighted by Crippen LogP contribution is -1.89. The van der Waals surface area contributed by atoms with E-state index in [4.69, 9.17) is 11.6 Å². The summed E-state index contributed by atoms with van der Waals surface area (Å²) in [6.07, 6.45) is 2.03. The molecule has 0 aliphatic carbocycles. The Balaban J connectivity index is 2.24. The molecular weight excluding hydrogens is 287 g/mol. The van der Waals surface area contributed by atoms with Gasteiger partial charge in [-0.05, 0) is 44.2 Å². The van der Waals surface area contributed by atoms with Crippen molar-refractivity contribution in [2.45, 2.75) is 13.8 Å². The first-order valence-corrected chi connectivity index (χ1v) is 7.01. The van der Waals surface area contributed by atoms with E-state index < -0.39 is 0 Å². The molecule has 4 heteroatoms. The minimum absolute atomic E-state index is 0.249. The molecule has 1 aromatic carbocycles. The largest absolute Gasteiger partial charge is 0.353 e. The second-order valence-electron chi connectivity index (χ2n) is 5.18. The number of aromatic amines is 1. The van der Waals surface area contributed by atoms with Crippen molar-refractivity contribution in [3.63, 3.8) is 0 Å². The van der Waals surface area contributed by atoms with Crippen LogP contribution in [-0.2, 0) is 0 Å². The van der Waals surface area contributed by atoms with E-state index in [1.165, 1.54) is 6.07 Å². The lowest BCUT2D eigenvalue weighted by molar-refractivity contribution is 0.640. The Morgan fingerprint density at radius 2 is 2.05 bits per heavy atom. The highest BCUT2D eigenvalue weighted by molar-refractivity contribution is 6.29. The number of hydrogen-bond donors (Lipinski definition) is 1. The van der Waals surface area contributed by atoms with Gasteiger partial charge in [-0.25, -0.2) is 9.37 Å². The van der Waals surface area contributed by atoms with Gasteiger partial charge in [0.15, 0.2) is 0 Å². The molecule has 0 aliphatic heterocycles. The molecule has 2 aromatic heterocycles. The van der Waals surface area contributed by atoms with Crippen LogP contribution in [0.2, 0.25) is 5.15 Å². The van der Waals surface area contributed by atoms with Crippen molar-refractivity contribution in [1.29, 1.82) is 0 Å². The Morgan fingerprint density at radius 1 is 1.24 bits per heavy atom. The van der Waals surface area contributed by atoms with Gasteiger partial charge in [-0.1, -0.05) is 29.3 Å². The summed E-state index contributed by atoms with van der Waals surface area (Å²) in [5.74, 6) is -0.249. The summed E-state index contributed by atoms with van der Waals surface area (Å²) < 4.78 is 13.8. The highest BCUT2D eigenvalue weighted by Gasteiger charge is 2.11. The van der Waals surface area contributed by atoms with Gasteiger partial charge in [-0.2, -0.15) is 0 Å². The van der Waals surface area contributed by atoms with Crippen LogP contribution in [-0.4, -0.2) is 9.97 Å². The van der Waals surface area contributed by atoms with Crippen LogP contribution in [0.5, 0.6) is 0 Å². The molecule has 0 unspecified atom stereocenters. The molecule has 106 valence electrons. The number of nitrogens with one attached hydrogen (secondary N) is 1. The van der Waals surface area contributed by atoms with E-state index in [0.29, 0.717) is 10.5 Å². The third kappa shape index (κ3) is 2.69. The number of pyridine rings is 1. The molecule has 21 heavy (non-hydrogen) atoms. The SMILES string of the molecule is CC(C)=Cc1ccc(Cl)nc1-c1cc2c(F)cccc2[nH]1. The van der Waals surface area contributed by atoms with E-state index >= 15 is 0 Å². The topological polar surface area (TPSA) is 28.7 Å². The Morgan fingerprint density at radius 3 is 2.76 bits per heavy atom.